The highest BCUT2D eigenvalue weighted by Gasteiger charge is 1.97. The fraction of sp³-hybridized carbons (Fsp3) is 0.857. The third-order valence-electron chi connectivity index (χ3n) is 4.20. The number of carbonyl (C=O) groups excluding carboxylic acids is 1. The Morgan fingerprint density at radius 3 is 1.92 bits per heavy atom. The second kappa shape index (κ2) is 20.2. The Morgan fingerprint density at radius 2 is 1.29 bits per heavy atom. The van der Waals surface area contributed by atoms with Gasteiger partial charge in [0.15, 0.2) is 0 Å². The van der Waals surface area contributed by atoms with Crippen molar-refractivity contribution in [2.45, 2.75) is 96.8 Å². The van der Waals surface area contributed by atoms with Crippen LogP contribution in [0.4, 0.5) is 0 Å². The van der Waals surface area contributed by atoms with Gasteiger partial charge in [0.05, 0.1) is 7.11 Å². The maximum Gasteiger partial charge on any atom is 0.305 e. The molecule has 0 saturated heterocycles. The third kappa shape index (κ3) is 19.2. The maximum atomic E-state index is 10.9. The summed E-state index contributed by atoms with van der Waals surface area (Å²) in [6, 6.07) is 0. The molecule has 0 aliphatic heterocycles. The van der Waals surface area contributed by atoms with E-state index in [1.54, 1.807) is 0 Å². The van der Waals surface area contributed by atoms with E-state index in [-0.39, 0.29) is 5.97 Å². The molecule has 0 aromatic rings. The minimum atomic E-state index is -0.108. The molecule has 0 aliphatic carbocycles. The van der Waals surface area contributed by atoms with Crippen molar-refractivity contribution in [2.75, 3.05) is 20.3 Å². The minimum absolute atomic E-state index is 0.108. The van der Waals surface area contributed by atoms with Crippen LogP contribution in [0.1, 0.15) is 96.8 Å². The molecular formula is C21H40O3. The summed E-state index contributed by atoms with van der Waals surface area (Å²) >= 11 is 0. The van der Waals surface area contributed by atoms with Gasteiger partial charge in [-0.15, -0.1) is 0 Å². The number of methoxy groups -OCH3 is 1. The zero-order valence-electron chi connectivity index (χ0n) is 16.2. The number of hydrogen-bond acceptors (Lipinski definition) is 3. The Morgan fingerprint density at radius 1 is 0.750 bits per heavy atom. The van der Waals surface area contributed by atoms with Gasteiger partial charge in [-0.05, 0) is 38.5 Å². The average molecular weight is 341 g/mol. The van der Waals surface area contributed by atoms with E-state index in [0.29, 0.717) is 6.42 Å². The van der Waals surface area contributed by atoms with Crippen molar-refractivity contribution in [1.82, 2.24) is 0 Å². The highest BCUT2D eigenvalue weighted by atomic mass is 16.5. The van der Waals surface area contributed by atoms with Gasteiger partial charge in [-0.3, -0.25) is 4.79 Å². The number of unbranched alkanes of at least 4 members (excludes halogenated alkanes) is 10. The molecule has 0 radical (unpaired) electrons. The third-order valence-corrected chi connectivity index (χ3v) is 4.20. The molecule has 0 aromatic heterocycles. The Balaban J connectivity index is 3.08. The number of rotatable bonds is 18. The van der Waals surface area contributed by atoms with E-state index in [4.69, 9.17) is 4.74 Å². The quantitative estimate of drug-likeness (QED) is 0.169. The Hall–Kier alpha value is -0.830. The van der Waals surface area contributed by atoms with Crippen molar-refractivity contribution in [1.29, 1.82) is 0 Å². The van der Waals surface area contributed by atoms with Gasteiger partial charge in [-0.25, -0.2) is 0 Å². The highest BCUT2D eigenvalue weighted by molar-refractivity contribution is 5.68. The first kappa shape index (κ1) is 23.2. The van der Waals surface area contributed by atoms with Crippen LogP contribution in [-0.2, 0) is 14.3 Å². The Bertz CT molecular complexity index is 287. The van der Waals surface area contributed by atoms with Crippen LogP contribution in [-0.4, -0.2) is 26.3 Å². The summed E-state index contributed by atoms with van der Waals surface area (Å²) in [6.45, 7) is 4.14. The van der Waals surface area contributed by atoms with Gasteiger partial charge < -0.3 is 9.47 Å². The molecule has 0 aromatic carbocycles. The van der Waals surface area contributed by atoms with Crippen LogP contribution in [0.25, 0.3) is 0 Å². The largest absolute Gasteiger partial charge is 0.469 e. The van der Waals surface area contributed by atoms with Crippen molar-refractivity contribution in [3.63, 3.8) is 0 Å². The molecule has 0 atom stereocenters. The molecule has 0 unspecified atom stereocenters. The molecule has 0 N–H and O–H groups in total. The van der Waals surface area contributed by atoms with E-state index >= 15 is 0 Å². The van der Waals surface area contributed by atoms with Gasteiger partial charge in [0.2, 0.25) is 0 Å². The number of allylic oxidation sites excluding steroid dienone is 2. The molecule has 0 amide bonds. The molecule has 0 bridgehead atoms. The zero-order chi connectivity index (χ0) is 17.7. The summed E-state index contributed by atoms with van der Waals surface area (Å²) in [5.74, 6) is -0.108. The van der Waals surface area contributed by atoms with E-state index in [1.807, 2.05) is 0 Å². The van der Waals surface area contributed by atoms with Crippen molar-refractivity contribution in [2.24, 2.45) is 0 Å². The predicted molar refractivity (Wildman–Crippen MR) is 102 cm³/mol. The molecular weight excluding hydrogens is 300 g/mol. The summed E-state index contributed by atoms with van der Waals surface area (Å²) in [5.41, 5.74) is 0. The standard InChI is InChI=1S/C21H40O3/c1-3-4-5-13-16-19-24-20-17-14-11-9-7-6-8-10-12-15-18-21(22)23-2/h8,10H,3-7,9,11-20H2,1-2H3. The lowest BCUT2D eigenvalue weighted by atomic mass is 10.1. The fourth-order valence-electron chi connectivity index (χ4n) is 2.61. The van der Waals surface area contributed by atoms with E-state index < -0.39 is 0 Å². The predicted octanol–water partition coefficient (Wildman–Crippen LogP) is 6.21. The van der Waals surface area contributed by atoms with Crippen LogP contribution in [0.15, 0.2) is 12.2 Å². The zero-order valence-corrected chi connectivity index (χ0v) is 16.2. The average Bonchev–Trinajstić information content (AvgIpc) is 2.60. The van der Waals surface area contributed by atoms with Crippen molar-refractivity contribution >= 4 is 5.97 Å². The van der Waals surface area contributed by atoms with Gasteiger partial charge in [0, 0.05) is 19.6 Å². The molecule has 0 saturated carbocycles. The van der Waals surface area contributed by atoms with Gasteiger partial charge in [0.1, 0.15) is 0 Å². The second-order valence-corrected chi connectivity index (χ2v) is 6.52. The fourth-order valence-corrected chi connectivity index (χ4v) is 2.61. The van der Waals surface area contributed by atoms with Gasteiger partial charge >= 0.3 is 5.97 Å². The number of carbonyl (C=O) groups is 1. The summed E-state index contributed by atoms with van der Waals surface area (Å²) in [7, 11) is 1.44. The van der Waals surface area contributed by atoms with Crippen LogP contribution >= 0.6 is 0 Å². The maximum absolute atomic E-state index is 10.9. The van der Waals surface area contributed by atoms with Crippen LogP contribution in [0.5, 0.6) is 0 Å². The van der Waals surface area contributed by atoms with Crippen molar-refractivity contribution < 1.29 is 14.3 Å². The SMILES string of the molecule is CCCCCCCOCCCCCCCC=CCCCC(=O)OC. The van der Waals surface area contributed by atoms with Crippen molar-refractivity contribution in [3.05, 3.63) is 12.2 Å². The lowest BCUT2D eigenvalue weighted by Gasteiger charge is -2.04. The van der Waals surface area contributed by atoms with Gasteiger partial charge in [-0.2, -0.15) is 0 Å². The Kier molecular flexibility index (Phi) is 19.5. The molecule has 0 aliphatic rings. The molecule has 0 heterocycles. The smallest absolute Gasteiger partial charge is 0.305 e. The topological polar surface area (TPSA) is 35.5 Å². The first-order valence-electron chi connectivity index (χ1n) is 10.1. The van der Waals surface area contributed by atoms with Gasteiger partial charge in [0.25, 0.3) is 0 Å². The summed E-state index contributed by atoms with van der Waals surface area (Å²) in [4.78, 5) is 10.9. The van der Waals surface area contributed by atoms with E-state index in [1.165, 1.54) is 71.3 Å². The van der Waals surface area contributed by atoms with Gasteiger partial charge in [-0.1, -0.05) is 64.0 Å². The summed E-state index contributed by atoms with van der Waals surface area (Å²) in [5, 5.41) is 0. The van der Waals surface area contributed by atoms with E-state index in [9.17, 15) is 4.79 Å². The molecule has 0 fully saturated rings. The van der Waals surface area contributed by atoms with Crippen LogP contribution in [0, 0.1) is 0 Å². The minimum Gasteiger partial charge on any atom is -0.469 e. The van der Waals surface area contributed by atoms with E-state index in [0.717, 1.165) is 32.5 Å². The number of esters is 1. The highest BCUT2D eigenvalue weighted by Crippen LogP contribution is 2.08. The van der Waals surface area contributed by atoms with Crippen LogP contribution in [0.2, 0.25) is 0 Å². The second-order valence-electron chi connectivity index (χ2n) is 6.52. The summed E-state index contributed by atoms with van der Waals surface area (Å²) < 4.78 is 10.3. The molecule has 3 heteroatoms. The van der Waals surface area contributed by atoms with Crippen molar-refractivity contribution in [3.8, 4) is 0 Å². The molecule has 0 rings (SSSR count). The lowest BCUT2D eigenvalue weighted by Crippen LogP contribution is -1.98. The number of hydrogen-bond donors (Lipinski definition) is 0. The van der Waals surface area contributed by atoms with Crippen LogP contribution < -0.4 is 0 Å². The molecule has 24 heavy (non-hydrogen) atoms. The van der Waals surface area contributed by atoms with Crippen LogP contribution in [0.3, 0.4) is 0 Å². The molecule has 0 spiro atoms. The summed E-state index contributed by atoms with van der Waals surface area (Å²) in [6.07, 6.45) is 21.0. The first-order valence-corrected chi connectivity index (χ1v) is 10.1. The number of ether oxygens (including phenoxy) is 2. The Labute approximate surface area is 150 Å². The normalized spacial score (nSPS) is 11.2. The molecule has 3 nitrogen and oxygen atoms in total. The monoisotopic (exact) mass is 340 g/mol. The lowest BCUT2D eigenvalue weighted by molar-refractivity contribution is -0.140. The van der Waals surface area contributed by atoms with E-state index in [2.05, 4.69) is 23.8 Å². The first-order chi connectivity index (χ1) is 11.8. The molecule has 142 valence electrons.